The Kier molecular flexibility index (Phi) is 8.23. The minimum absolute atomic E-state index is 0.426. The van der Waals surface area contributed by atoms with Crippen LogP contribution in [-0.4, -0.2) is 43.1 Å². The molecule has 1 atom stereocenters. The second-order valence-corrected chi connectivity index (χ2v) is 7.68. The lowest BCUT2D eigenvalue weighted by molar-refractivity contribution is 0.252. The van der Waals surface area contributed by atoms with Crippen molar-refractivity contribution in [2.24, 2.45) is 11.7 Å². The number of hydrogen-bond donors (Lipinski definition) is 2. The van der Waals surface area contributed by atoms with Gasteiger partial charge in [-0.25, -0.2) is 0 Å². The number of piperidine rings is 1. The van der Waals surface area contributed by atoms with Crippen molar-refractivity contribution in [1.29, 1.82) is 5.41 Å². The zero-order valence-corrected chi connectivity index (χ0v) is 16.7. The lowest BCUT2D eigenvalue weighted by Gasteiger charge is -2.40. The molecular formula is C21H36N4O. The van der Waals surface area contributed by atoms with Crippen molar-refractivity contribution in [3.05, 3.63) is 24.3 Å². The Bertz CT molecular complexity index is 543. The van der Waals surface area contributed by atoms with Crippen LogP contribution < -0.4 is 15.4 Å². The van der Waals surface area contributed by atoms with E-state index in [0.29, 0.717) is 24.5 Å². The molecule has 0 aromatic heterocycles. The molecule has 0 radical (unpaired) electrons. The van der Waals surface area contributed by atoms with Gasteiger partial charge < -0.3 is 20.3 Å². The van der Waals surface area contributed by atoms with Gasteiger partial charge in [0.15, 0.2) is 5.96 Å². The predicted molar refractivity (Wildman–Crippen MR) is 110 cm³/mol. The molecule has 3 N–H and O–H groups in total. The Labute approximate surface area is 159 Å². The number of nitrogens with two attached hydrogens (primary N) is 1. The highest BCUT2D eigenvalue weighted by Gasteiger charge is 2.25. The van der Waals surface area contributed by atoms with E-state index in [4.69, 9.17) is 15.9 Å². The Hall–Kier alpha value is -1.75. The van der Waals surface area contributed by atoms with E-state index in [2.05, 4.69) is 42.7 Å². The van der Waals surface area contributed by atoms with Crippen molar-refractivity contribution in [2.75, 3.05) is 31.1 Å². The normalized spacial score (nSPS) is 17.4. The maximum absolute atomic E-state index is 8.78. The van der Waals surface area contributed by atoms with Crippen LogP contribution in [-0.2, 0) is 0 Å². The summed E-state index contributed by atoms with van der Waals surface area (Å²) in [5.41, 5.74) is 6.77. The fourth-order valence-electron chi connectivity index (χ4n) is 3.31. The average molecular weight is 361 g/mol. The summed E-state index contributed by atoms with van der Waals surface area (Å²) in [4.78, 5) is 4.32. The summed E-state index contributed by atoms with van der Waals surface area (Å²) in [6.07, 6.45) is 5.52. The highest BCUT2D eigenvalue weighted by Crippen LogP contribution is 2.24. The highest BCUT2D eigenvalue weighted by molar-refractivity contribution is 5.94. The van der Waals surface area contributed by atoms with Gasteiger partial charge in [-0.1, -0.05) is 13.8 Å². The minimum Gasteiger partial charge on any atom is -0.494 e. The SMILES string of the molecule is CC(C)CCOc1ccc(N(CCCN)C(=N)N2CCCCC2C)cc1. The van der Waals surface area contributed by atoms with Gasteiger partial charge in [0.25, 0.3) is 0 Å². The minimum atomic E-state index is 0.426. The number of anilines is 1. The van der Waals surface area contributed by atoms with E-state index in [-0.39, 0.29) is 0 Å². The van der Waals surface area contributed by atoms with Crippen LogP contribution in [0.25, 0.3) is 0 Å². The van der Waals surface area contributed by atoms with E-state index >= 15 is 0 Å². The second-order valence-electron chi connectivity index (χ2n) is 7.68. The van der Waals surface area contributed by atoms with Crippen molar-refractivity contribution in [1.82, 2.24) is 4.90 Å². The van der Waals surface area contributed by atoms with Crippen molar-refractivity contribution < 1.29 is 4.74 Å². The smallest absolute Gasteiger partial charge is 0.198 e. The van der Waals surface area contributed by atoms with Crippen molar-refractivity contribution >= 4 is 11.6 Å². The van der Waals surface area contributed by atoms with Crippen LogP contribution in [0.1, 0.15) is 52.9 Å². The fraction of sp³-hybridized carbons (Fsp3) is 0.667. The van der Waals surface area contributed by atoms with Crippen molar-refractivity contribution in [2.45, 2.75) is 58.9 Å². The first-order valence-corrected chi connectivity index (χ1v) is 10.1. The monoisotopic (exact) mass is 360 g/mol. The maximum atomic E-state index is 8.78. The summed E-state index contributed by atoms with van der Waals surface area (Å²) in [6.45, 7) is 9.75. The van der Waals surface area contributed by atoms with Gasteiger partial charge in [0.2, 0.25) is 0 Å². The van der Waals surface area contributed by atoms with Gasteiger partial charge in [-0.3, -0.25) is 5.41 Å². The molecule has 0 saturated carbocycles. The summed E-state index contributed by atoms with van der Waals surface area (Å²) in [6, 6.07) is 8.57. The molecule has 1 aliphatic rings. The first-order valence-electron chi connectivity index (χ1n) is 10.1. The molecule has 5 nitrogen and oxygen atoms in total. The molecule has 5 heteroatoms. The molecule has 1 aromatic carbocycles. The lowest BCUT2D eigenvalue weighted by Crippen LogP contribution is -2.50. The number of ether oxygens (including phenoxy) is 1. The molecule has 1 unspecified atom stereocenters. The molecule has 146 valence electrons. The van der Waals surface area contributed by atoms with Gasteiger partial charge in [0, 0.05) is 24.8 Å². The summed E-state index contributed by atoms with van der Waals surface area (Å²) in [7, 11) is 0. The molecule has 1 aliphatic heterocycles. The quantitative estimate of drug-likeness (QED) is 0.542. The Morgan fingerprint density at radius 2 is 2.04 bits per heavy atom. The number of rotatable bonds is 8. The average Bonchev–Trinajstić information content (AvgIpc) is 2.63. The zero-order valence-electron chi connectivity index (χ0n) is 16.7. The van der Waals surface area contributed by atoms with Crippen molar-refractivity contribution in [3.8, 4) is 5.75 Å². The molecule has 26 heavy (non-hydrogen) atoms. The molecule has 1 heterocycles. The predicted octanol–water partition coefficient (Wildman–Crippen LogP) is 4.08. The van der Waals surface area contributed by atoms with Crippen LogP contribution in [0.4, 0.5) is 5.69 Å². The molecule has 1 aromatic rings. The lowest BCUT2D eigenvalue weighted by atomic mass is 10.0. The van der Waals surface area contributed by atoms with E-state index in [9.17, 15) is 0 Å². The van der Waals surface area contributed by atoms with Crippen LogP contribution in [0.15, 0.2) is 24.3 Å². The standard InChI is InChI=1S/C21H36N4O/c1-17(2)12-16-26-20-10-8-19(9-11-20)25(15-6-13-22)21(23)24-14-5-4-7-18(24)3/h8-11,17-18,23H,4-7,12-16,22H2,1-3H3. The number of nitrogens with zero attached hydrogens (tertiary/aromatic N) is 2. The zero-order chi connectivity index (χ0) is 18.9. The van der Waals surface area contributed by atoms with Crippen LogP contribution in [0.2, 0.25) is 0 Å². The van der Waals surface area contributed by atoms with Gasteiger partial charge in [0.05, 0.1) is 6.61 Å². The van der Waals surface area contributed by atoms with Gasteiger partial charge in [-0.05, 0) is 75.8 Å². The van der Waals surface area contributed by atoms with E-state index in [1.807, 2.05) is 12.1 Å². The number of hydrogen-bond acceptors (Lipinski definition) is 3. The number of nitrogens with one attached hydrogen (secondary N) is 1. The third kappa shape index (κ3) is 5.90. The maximum Gasteiger partial charge on any atom is 0.198 e. The van der Waals surface area contributed by atoms with Crippen LogP contribution in [0, 0.1) is 11.3 Å². The van der Waals surface area contributed by atoms with Gasteiger partial charge in [-0.2, -0.15) is 0 Å². The largest absolute Gasteiger partial charge is 0.494 e. The molecule has 0 spiro atoms. The number of likely N-dealkylation sites (tertiary alicyclic amines) is 1. The molecule has 1 saturated heterocycles. The number of benzene rings is 1. The van der Waals surface area contributed by atoms with E-state index < -0.39 is 0 Å². The molecule has 1 fully saturated rings. The Morgan fingerprint density at radius 1 is 1.31 bits per heavy atom. The Balaban J connectivity index is 2.06. The topological polar surface area (TPSA) is 65.6 Å². The first-order chi connectivity index (χ1) is 12.5. The Morgan fingerprint density at radius 3 is 2.65 bits per heavy atom. The summed E-state index contributed by atoms with van der Waals surface area (Å²) >= 11 is 0. The summed E-state index contributed by atoms with van der Waals surface area (Å²) < 4.78 is 5.82. The van der Waals surface area contributed by atoms with Gasteiger partial charge >= 0.3 is 0 Å². The third-order valence-corrected chi connectivity index (χ3v) is 5.03. The first kappa shape index (κ1) is 20.6. The molecular weight excluding hydrogens is 324 g/mol. The van der Waals surface area contributed by atoms with Crippen molar-refractivity contribution in [3.63, 3.8) is 0 Å². The van der Waals surface area contributed by atoms with Gasteiger partial charge in [-0.15, -0.1) is 0 Å². The molecule has 0 aliphatic carbocycles. The molecule has 2 rings (SSSR count). The second kappa shape index (κ2) is 10.4. The molecule has 0 amide bonds. The fourth-order valence-corrected chi connectivity index (χ4v) is 3.31. The number of guanidine groups is 1. The highest BCUT2D eigenvalue weighted by atomic mass is 16.5. The van der Waals surface area contributed by atoms with Gasteiger partial charge in [0.1, 0.15) is 5.75 Å². The van der Waals surface area contributed by atoms with E-state index in [0.717, 1.165) is 50.4 Å². The van der Waals surface area contributed by atoms with Crippen LogP contribution in [0.5, 0.6) is 5.75 Å². The summed E-state index contributed by atoms with van der Waals surface area (Å²) in [5, 5.41) is 8.78. The van der Waals surface area contributed by atoms with E-state index in [1.165, 1.54) is 12.8 Å². The van der Waals surface area contributed by atoms with Crippen LogP contribution in [0.3, 0.4) is 0 Å². The third-order valence-electron chi connectivity index (χ3n) is 5.03. The van der Waals surface area contributed by atoms with E-state index in [1.54, 1.807) is 0 Å². The molecule has 0 bridgehead atoms. The van der Waals surface area contributed by atoms with Crippen LogP contribution >= 0.6 is 0 Å². The summed E-state index contributed by atoms with van der Waals surface area (Å²) in [5.74, 6) is 2.14.